The molecule has 1 aliphatic carbocycles. The number of aliphatic hydroxyl groups is 1. The summed E-state index contributed by atoms with van der Waals surface area (Å²) in [4.78, 5) is 2.32. The largest absolute Gasteiger partial charge is 0.393 e. The van der Waals surface area contributed by atoms with E-state index in [1.165, 1.54) is 0 Å². The Morgan fingerprint density at radius 2 is 2.06 bits per heavy atom. The first kappa shape index (κ1) is 13.3. The summed E-state index contributed by atoms with van der Waals surface area (Å²) in [5, 5.41) is 9.79. The van der Waals surface area contributed by atoms with Gasteiger partial charge < -0.3 is 10.0 Å². The maximum absolute atomic E-state index is 11.4. The van der Waals surface area contributed by atoms with Crippen molar-refractivity contribution in [3.63, 3.8) is 0 Å². The first-order valence-corrected chi connectivity index (χ1v) is 8.45. The van der Waals surface area contributed by atoms with Crippen LogP contribution in [0.25, 0.3) is 0 Å². The van der Waals surface area contributed by atoms with Crippen molar-refractivity contribution in [2.24, 2.45) is 11.8 Å². The van der Waals surface area contributed by atoms with E-state index in [2.05, 4.69) is 4.90 Å². The second-order valence-electron chi connectivity index (χ2n) is 5.42. The second-order valence-corrected chi connectivity index (χ2v) is 7.89. The zero-order valence-corrected chi connectivity index (χ0v) is 11.3. The second kappa shape index (κ2) is 5.24. The van der Waals surface area contributed by atoms with Gasteiger partial charge in [0.2, 0.25) is 0 Å². The van der Waals surface area contributed by atoms with Crippen LogP contribution in [0.2, 0.25) is 0 Å². The Labute approximate surface area is 104 Å². The fourth-order valence-corrected chi connectivity index (χ4v) is 4.02. The van der Waals surface area contributed by atoms with Crippen molar-refractivity contribution in [2.45, 2.75) is 32.3 Å². The van der Waals surface area contributed by atoms with Crippen molar-refractivity contribution in [3.8, 4) is 0 Å². The highest BCUT2D eigenvalue weighted by Gasteiger charge is 2.41. The van der Waals surface area contributed by atoms with Crippen LogP contribution in [-0.4, -0.2) is 55.7 Å². The van der Waals surface area contributed by atoms with Gasteiger partial charge in [0.1, 0.15) is 9.84 Å². The van der Waals surface area contributed by atoms with E-state index in [-0.39, 0.29) is 11.9 Å². The maximum Gasteiger partial charge on any atom is 0.150 e. The molecule has 1 saturated carbocycles. The topological polar surface area (TPSA) is 57.6 Å². The lowest BCUT2D eigenvalue weighted by atomic mass is 10.00. The van der Waals surface area contributed by atoms with Crippen LogP contribution in [0, 0.1) is 11.8 Å². The highest BCUT2D eigenvalue weighted by Crippen LogP contribution is 2.37. The summed E-state index contributed by atoms with van der Waals surface area (Å²) in [5.41, 5.74) is 0. The smallest absolute Gasteiger partial charge is 0.150 e. The van der Waals surface area contributed by atoms with Crippen LogP contribution >= 0.6 is 0 Å². The average Bonchev–Trinajstić information content (AvgIpc) is 2.81. The van der Waals surface area contributed by atoms with Gasteiger partial charge in [-0.1, -0.05) is 6.92 Å². The van der Waals surface area contributed by atoms with Crippen molar-refractivity contribution < 1.29 is 13.5 Å². The van der Waals surface area contributed by atoms with Gasteiger partial charge in [0.15, 0.2) is 0 Å². The molecule has 2 rings (SSSR count). The van der Waals surface area contributed by atoms with Gasteiger partial charge in [-0.3, -0.25) is 0 Å². The third kappa shape index (κ3) is 3.20. The quantitative estimate of drug-likeness (QED) is 0.783. The summed E-state index contributed by atoms with van der Waals surface area (Å²) in [6.07, 6.45) is 2.69. The zero-order chi connectivity index (χ0) is 12.5. The van der Waals surface area contributed by atoms with E-state index < -0.39 is 9.84 Å². The monoisotopic (exact) mass is 261 g/mol. The van der Waals surface area contributed by atoms with Crippen LogP contribution in [-0.2, 0) is 9.84 Å². The normalized spacial score (nSPS) is 34.1. The number of hydrogen-bond acceptors (Lipinski definition) is 4. The Morgan fingerprint density at radius 1 is 1.29 bits per heavy atom. The summed E-state index contributed by atoms with van der Waals surface area (Å²) in [5.74, 6) is 1.64. The minimum absolute atomic E-state index is 0.121. The molecule has 5 heteroatoms. The lowest BCUT2D eigenvalue weighted by Crippen LogP contribution is -2.27. The van der Waals surface area contributed by atoms with E-state index in [1.54, 1.807) is 6.92 Å². The van der Waals surface area contributed by atoms with Crippen molar-refractivity contribution in [2.75, 3.05) is 31.1 Å². The van der Waals surface area contributed by atoms with Crippen LogP contribution in [0.5, 0.6) is 0 Å². The standard InChI is InChI=1S/C12H23NO3S/c1-2-17(15,16)7-3-6-13-8-10-4-5-12(14)11(10)9-13/h10-12,14H,2-9H2,1H3. The summed E-state index contributed by atoms with van der Waals surface area (Å²) in [6, 6.07) is 0. The van der Waals surface area contributed by atoms with E-state index in [0.29, 0.717) is 17.6 Å². The third-order valence-corrected chi connectivity index (χ3v) is 6.05. The molecule has 100 valence electrons. The first-order chi connectivity index (χ1) is 8.02. The molecule has 17 heavy (non-hydrogen) atoms. The molecule has 0 bridgehead atoms. The van der Waals surface area contributed by atoms with Crippen molar-refractivity contribution in [3.05, 3.63) is 0 Å². The number of fused-ring (bicyclic) bond motifs is 1. The SMILES string of the molecule is CCS(=O)(=O)CCCN1CC2CCC(O)C2C1. The lowest BCUT2D eigenvalue weighted by molar-refractivity contribution is 0.124. The highest BCUT2D eigenvalue weighted by molar-refractivity contribution is 7.91. The van der Waals surface area contributed by atoms with Gasteiger partial charge in [-0.05, 0) is 31.7 Å². The van der Waals surface area contributed by atoms with Gasteiger partial charge in [0.05, 0.1) is 11.9 Å². The third-order valence-electron chi connectivity index (χ3n) is 4.26. The Hall–Kier alpha value is -0.130. The van der Waals surface area contributed by atoms with Gasteiger partial charge >= 0.3 is 0 Å². The zero-order valence-electron chi connectivity index (χ0n) is 10.5. The molecule has 1 saturated heterocycles. The summed E-state index contributed by atoms with van der Waals surface area (Å²) < 4.78 is 22.7. The molecule has 2 fully saturated rings. The molecule has 0 aromatic heterocycles. The Bertz CT molecular complexity index is 355. The van der Waals surface area contributed by atoms with Gasteiger partial charge in [-0.25, -0.2) is 8.42 Å². The van der Waals surface area contributed by atoms with Crippen molar-refractivity contribution in [1.29, 1.82) is 0 Å². The molecule has 2 aliphatic rings. The summed E-state index contributed by atoms with van der Waals surface area (Å²) in [7, 11) is -2.82. The Balaban J connectivity index is 1.72. The van der Waals surface area contributed by atoms with Gasteiger partial charge in [-0.15, -0.1) is 0 Å². The number of rotatable bonds is 5. The number of sulfone groups is 1. The molecule has 1 aliphatic heterocycles. The van der Waals surface area contributed by atoms with Crippen LogP contribution < -0.4 is 0 Å². The Kier molecular flexibility index (Phi) is 4.10. The number of likely N-dealkylation sites (tertiary alicyclic amines) is 1. The lowest BCUT2D eigenvalue weighted by Gasteiger charge is -2.17. The number of aliphatic hydroxyl groups excluding tert-OH is 1. The number of nitrogens with zero attached hydrogens (tertiary/aromatic N) is 1. The molecule has 3 unspecified atom stereocenters. The van der Waals surface area contributed by atoms with E-state index in [1.807, 2.05) is 0 Å². The van der Waals surface area contributed by atoms with E-state index >= 15 is 0 Å². The van der Waals surface area contributed by atoms with Crippen LogP contribution in [0.15, 0.2) is 0 Å². The maximum atomic E-state index is 11.4. The molecule has 0 amide bonds. The minimum Gasteiger partial charge on any atom is -0.393 e. The fraction of sp³-hybridized carbons (Fsp3) is 1.00. The van der Waals surface area contributed by atoms with Crippen LogP contribution in [0.1, 0.15) is 26.2 Å². The van der Waals surface area contributed by atoms with Crippen LogP contribution in [0.4, 0.5) is 0 Å². The Morgan fingerprint density at radius 3 is 2.71 bits per heavy atom. The van der Waals surface area contributed by atoms with Gasteiger partial charge in [0.25, 0.3) is 0 Å². The molecular formula is C12H23NO3S. The summed E-state index contributed by atoms with van der Waals surface area (Å²) in [6.45, 7) is 4.57. The van der Waals surface area contributed by atoms with Gasteiger partial charge in [-0.2, -0.15) is 0 Å². The molecule has 1 N–H and O–H groups in total. The predicted octanol–water partition coefficient (Wildman–Crippen LogP) is 0.514. The predicted molar refractivity (Wildman–Crippen MR) is 67.6 cm³/mol. The molecule has 0 radical (unpaired) electrons. The highest BCUT2D eigenvalue weighted by atomic mass is 32.2. The van der Waals surface area contributed by atoms with E-state index in [9.17, 15) is 13.5 Å². The van der Waals surface area contributed by atoms with Crippen molar-refractivity contribution >= 4 is 9.84 Å². The average molecular weight is 261 g/mol. The number of hydrogen-bond donors (Lipinski definition) is 1. The first-order valence-electron chi connectivity index (χ1n) is 6.62. The minimum atomic E-state index is -2.82. The molecular weight excluding hydrogens is 238 g/mol. The molecule has 1 heterocycles. The van der Waals surface area contributed by atoms with E-state index in [0.717, 1.165) is 38.9 Å². The van der Waals surface area contributed by atoms with Gasteiger partial charge in [0, 0.05) is 24.8 Å². The molecule has 0 aromatic rings. The summed E-state index contributed by atoms with van der Waals surface area (Å²) >= 11 is 0. The molecule has 4 nitrogen and oxygen atoms in total. The molecule has 3 atom stereocenters. The van der Waals surface area contributed by atoms with Crippen molar-refractivity contribution in [1.82, 2.24) is 4.90 Å². The molecule has 0 aromatic carbocycles. The molecule has 0 spiro atoms. The van der Waals surface area contributed by atoms with E-state index in [4.69, 9.17) is 0 Å². The van der Waals surface area contributed by atoms with Crippen LogP contribution in [0.3, 0.4) is 0 Å². The fourth-order valence-electron chi connectivity index (χ4n) is 3.16.